The average Bonchev–Trinajstić information content (AvgIpc) is 2.08. The summed E-state index contributed by atoms with van der Waals surface area (Å²) >= 11 is 0. The zero-order valence-corrected chi connectivity index (χ0v) is 8.62. The highest BCUT2D eigenvalue weighted by Gasteiger charge is 2.23. The van der Waals surface area contributed by atoms with E-state index in [1.807, 2.05) is 18.9 Å². The SMILES string of the molecule is CC(CN)C(=O)N(C)CC1CCC1. The molecule has 1 unspecified atom stereocenters. The van der Waals surface area contributed by atoms with Gasteiger partial charge in [0.25, 0.3) is 0 Å². The van der Waals surface area contributed by atoms with E-state index in [0.717, 1.165) is 12.5 Å². The van der Waals surface area contributed by atoms with Crippen LogP contribution in [0.1, 0.15) is 26.2 Å². The normalized spacial score (nSPS) is 19.3. The number of hydrogen-bond donors (Lipinski definition) is 1. The summed E-state index contributed by atoms with van der Waals surface area (Å²) < 4.78 is 0. The Hall–Kier alpha value is -0.570. The second kappa shape index (κ2) is 4.61. The van der Waals surface area contributed by atoms with Crippen LogP contribution in [0.4, 0.5) is 0 Å². The van der Waals surface area contributed by atoms with Crippen molar-refractivity contribution in [2.24, 2.45) is 17.6 Å². The molecule has 0 heterocycles. The average molecular weight is 184 g/mol. The fourth-order valence-corrected chi connectivity index (χ4v) is 1.63. The molecule has 1 amide bonds. The summed E-state index contributed by atoms with van der Waals surface area (Å²) in [5.41, 5.74) is 5.44. The first kappa shape index (κ1) is 10.5. The van der Waals surface area contributed by atoms with Gasteiger partial charge < -0.3 is 10.6 Å². The van der Waals surface area contributed by atoms with Gasteiger partial charge in [-0.25, -0.2) is 0 Å². The third-order valence-electron chi connectivity index (χ3n) is 2.91. The first-order valence-corrected chi connectivity index (χ1v) is 5.10. The standard InChI is InChI=1S/C10H20N2O/c1-8(6-11)10(13)12(2)7-9-4-3-5-9/h8-9H,3-7,11H2,1-2H3. The van der Waals surface area contributed by atoms with E-state index in [0.29, 0.717) is 6.54 Å². The zero-order chi connectivity index (χ0) is 9.84. The minimum absolute atomic E-state index is 0.0231. The highest BCUT2D eigenvalue weighted by Crippen LogP contribution is 2.26. The van der Waals surface area contributed by atoms with Crippen LogP contribution in [-0.2, 0) is 4.79 Å². The summed E-state index contributed by atoms with van der Waals surface area (Å²) in [6, 6.07) is 0. The maximum Gasteiger partial charge on any atom is 0.226 e. The third-order valence-corrected chi connectivity index (χ3v) is 2.91. The Bertz CT molecular complexity index is 178. The Balaban J connectivity index is 2.28. The summed E-state index contributed by atoms with van der Waals surface area (Å²) in [6.45, 7) is 3.26. The van der Waals surface area contributed by atoms with Crippen LogP contribution in [0.2, 0.25) is 0 Å². The predicted molar refractivity (Wildman–Crippen MR) is 53.2 cm³/mol. The molecule has 0 saturated heterocycles. The highest BCUT2D eigenvalue weighted by atomic mass is 16.2. The second-order valence-electron chi connectivity index (χ2n) is 4.15. The molecule has 1 rings (SSSR count). The molecule has 3 heteroatoms. The lowest BCUT2D eigenvalue weighted by atomic mass is 9.85. The fourth-order valence-electron chi connectivity index (χ4n) is 1.63. The number of amides is 1. The van der Waals surface area contributed by atoms with Crippen LogP contribution in [0.5, 0.6) is 0 Å². The molecule has 1 fully saturated rings. The molecule has 13 heavy (non-hydrogen) atoms. The van der Waals surface area contributed by atoms with Gasteiger partial charge in [-0.1, -0.05) is 13.3 Å². The molecule has 0 aromatic rings. The Kier molecular flexibility index (Phi) is 3.72. The van der Waals surface area contributed by atoms with E-state index in [2.05, 4.69) is 0 Å². The highest BCUT2D eigenvalue weighted by molar-refractivity contribution is 5.78. The van der Waals surface area contributed by atoms with Gasteiger partial charge in [-0.3, -0.25) is 4.79 Å². The summed E-state index contributed by atoms with van der Waals surface area (Å²) in [7, 11) is 1.88. The van der Waals surface area contributed by atoms with Crippen LogP contribution >= 0.6 is 0 Å². The number of nitrogens with zero attached hydrogens (tertiary/aromatic N) is 1. The summed E-state index contributed by atoms with van der Waals surface area (Å²) in [5, 5.41) is 0. The smallest absolute Gasteiger partial charge is 0.226 e. The van der Waals surface area contributed by atoms with Crippen molar-refractivity contribution >= 4 is 5.91 Å². The number of hydrogen-bond acceptors (Lipinski definition) is 2. The van der Waals surface area contributed by atoms with E-state index < -0.39 is 0 Å². The third kappa shape index (κ3) is 2.69. The molecular weight excluding hydrogens is 164 g/mol. The number of carbonyl (C=O) groups excluding carboxylic acids is 1. The Morgan fingerprint density at radius 3 is 2.62 bits per heavy atom. The van der Waals surface area contributed by atoms with E-state index in [-0.39, 0.29) is 11.8 Å². The summed E-state index contributed by atoms with van der Waals surface area (Å²) in [5.74, 6) is 0.915. The van der Waals surface area contributed by atoms with Crippen molar-refractivity contribution in [3.8, 4) is 0 Å². The van der Waals surface area contributed by atoms with E-state index in [4.69, 9.17) is 5.73 Å². The number of carbonyl (C=O) groups is 1. The topological polar surface area (TPSA) is 46.3 Å². The quantitative estimate of drug-likeness (QED) is 0.703. The monoisotopic (exact) mass is 184 g/mol. The molecule has 2 N–H and O–H groups in total. The minimum Gasteiger partial charge on any atom is -0.345 e. The lowest BCUT2D eigenvalue weighted by molar-refractivity contribution is -0.134. The van der Waals surface area contributed by atoms with Gasteiger partial charge in [0.2, 0.25) is 5.91 Å². The molecular formula is C10H20N2O. The molecule has 0 aromatic heterocycles. The van der Waals surface area contributed by atoms with Crippen LogP contribution < -0.4 is 5.73 Å². The fraction of sp³-hybridized carbons (Fsp3) is 0.900. The van der Waals surface area contributed by atoms with Gasteiger partial charge in [0.05, 0.1) is 0 Å². The maximum absolute atomic E-state index is 11.6. The number of rotatable bonds is 4. The Morgan fingerprint density at radius 1 is 1.62 bits per heavy atom. The lowest BCUT2D eigenvalue weighted by Crippen LogP contribution is -2.39. The number of nitrogens with two attached hydrogens (primary N) is 1. The molecule has 0 aromatic carbocycles. The molecule has 0 aliphatic heterocycles. The van der Waals surface area contributed by atoms with Crippen LogP contribution in [-0.4, -0.2) is 30.9 Å². The first-order chi connectivity index (χ1) is 6.15. The van der Waals surface area contributed by atoms with Crippen molar-refractivity contribution in [1.82, 2.24) is 4.90 Å². The van der Waals surface area contributed by atoms with E-state index in [9.17, 15) is 4.79 Å². The zero-order valence-electron chi connectivity index (χ0n) is 8.62. The van der Waals surface area contributed by atoms with Crippen molar-refractivity contribution in [2.45, 2.75) is 26.2 Å². The molecule has 1 saturated carbocycles. The van der Waals surface area contributed by atoms with Gasteiger partial charge >= 0.3 is 0 Å². The molecule has 1 aliphatic rings. The summed E-state index contributed by atoms with van der Waals surface area (Å²) in [4.78, 5) is 13.4. The van der Waals surface area contributed by atoms with E-state index in [1.165, 1.54) is 19.3 Å². The molecule has 0 spiro atoms. The van der Waals surface area contributed by atoms with Crippen LogP contribution in [0.25, 0.3) is 0 Å². The van der Waals surface area contributed by atoms with Crippen molar-refractivity contribution < 1.29 is 4.79 Å². The molecule has 76 valence electrons. The van der Waals surface area contributed by atoms with E-state index >= 15 is 0 Å². The minimum atomic E-state index is -0.0231. The molecule has 0 radical (unpaired) electrons. The first-order valence-electron chi connectivity index (χ1n) is 5.10. The van der Waals surface area contributed by atoms with Gasteiger partial charge in [-0.05, 0) is 18.8 Å². The molecule has 1 aliphatic carbocycles. The summed E-state index contributed by atoms with van der Waals surface area (Å²) in [6.07, 6.45) is 3.91. The van der Waals surface area contributed by atoms with Crippen LogP contribution in [0, 0.1) is 11.8 Å². The van der Waals surface area contributed by atoms with Crippen LogP contribution in [0.3, 0.4) is 0 Å². The van der Waals surface area contributed by atoms with Gasteiger partial charge in [0.15, 0.2) is 0 Å². The molecule has 1 atom stereocenters. The maximum atomic E-state index is 11.6. The predicted octanol–water partition coefficient (Wildman–Crippen LogP) is 0.840. The lowest BCUT2D eigenvalue weighted by Gasteiger charge is -2.31. The van der Waals surface area contributed by atoms with Crippen molar-refractivity contribution in [1.29, 1.82) is 0 Å². The molecule has 3 nitrogen and oxygen atoms in total. The van der Waals surface area contributed by atoms with Crippen molar-refractivity contribution in [3.63, 3.8) is 0 Å². The molecule has 0 bridgehead atoms. The van der Waals surface area contributed by atoms with Gasteiger partial charge in [0.1, 0.15) is 0 Å². The van der Waals surface area contributed by atoms with Gasteiger partial charge in [0, 0.05) is 26.1 Å². The Labute approximate surface area is 80.3 Å². The van der Waals surface area contributed by atoms with Gasteiger partial charge in [-0.15, -0.1) is 0 Å². The second-order valence-corrected chi connectivity index (χ2v) is 4.15. The van der Waals surface area contributed by atoms with Crippen LogP contribution in [0.15, 0.2) is 0 Å². The van der Waals surface area contributed by atoms with Gasteiger partial charge in [-0.2, -0.15) is 0 Å². The Morgan fingerprint density at radius 2 is 2.23 bits per heavy atom. The van der Waals surface area contributed by atoms with E-state index in [1.54, 1.807) is 0 Å². The van der Waals surface area contributed by atoms with Crippen molar-refractivity contribution in [3.05, 3.63) is 0 Å². The van der Waals surface area contributed by atoms with Crippen molar-refractivity contribution in [2.75, 3.05) is 20.1 Å². The largest absolute Gasteiger partial charge is 0.345 e.